The monoisotopic (exact) mass is 540 g/mol. The van der Waals surface area contributed by atoms with Gasteiger partial charge in [0, 0.05) is 61.0 Å². The first kappa shape index (κ1) is 27.2. The number of rotatable bonds is 9. The van der Waals surface area contributed by atoms with Crippen LogP contribution in [0.2, 0.25) is 5.02 Å². The van der Waals surface area contributed by atoms with Crippen LogP contribution in [0.25, 0.3) is 10.9 Å². The van der Waals surface area contributed by atoms with Gasteiger partial charge in [-0.1, -0.05) is 30.9 Å². The highest BCUT2D eigenvalue weighted by atomic mass is 35.5. The molecule has 0 unspecified atom stereocenters. The molecule has 5 rings (SSSR count). The fraction of sp³-hybridized carbons (Fsp3) is 0.633. The molecule has 2 aliphatic heterocycles. The number of hydrogen-bond donors (Lipinski definition) is 1. The van der Waals surface area contributed by atoms with Crippen LogP contribution in [-0.2, 0) is 20.9 Å². The molecule has 2 amide bonds. The van der Waals surface area contributed by atoms with Crippen molar-refractivity contribution in [3.05, 3.63) is 29.4 Å². The molecule has 8 heteroatoms. The summed E-state index contributed by atoms with van der Waals surface area (Å²) in [7, 11) is 1.80. The third kappa shape index (κ3) is 5.50. The van der Waals surface area contributed by atoms with Gasteiger partial charge in [0.2, 0.25) is 11.8 Å². The molecule has 3 aliphatic rings. The second-order valence-electron chi connectivity index (χ2n) is 11.5. The molecule has 0 bridgehead atoms. The number of carbonyl (C=O) groups excluding carboxylic acids is 3. The van der Waals surface area contributed by atoms with Crippen LogP contribution in [0.4, 0.5) is 5.69 Å². The summed E-state index contributed by atoms with van der Waals surface area (Å²) in [5.41, 5.74) is 1.94. The third-order valence-corrected chi connectivity index (χ3v) is 9.36. The zero-order valence-electron chi connectivity index (χ0n) is 22.8. The molecule has 1 aromatic heterocycles. The average Bonchev–Trinajstić information content (AvgIpc) is 3.65. The predicted octanol–water partition coefficient (Wildman–Crippen LogP) is 5.18. The van der Waals surface area contributed by atoms with Crippen LogP contribution in [0.5, 0.6) is 0 Å². The van der Waals surface area contributed by atoms with E-state index in [4.69, 9.17) is 11.6 Å². The zero-order valence-corrected chi connectivity index (χ0v) is 23.5. The molecule has 3 fully saturated rings. The fourth-order valence-corrected chi connectivity index (χ4v) is 6.99. The Morgan fingerprint density at radius 2 is 1.87 bits per heavy atom. The molecule has 1 saturated carbocycles. The number of fused-ring (bicyclic) bond motifs is 1. The van der Waals surface area contributed by atoms with Gasteiger partial charge in [-0.15, -0.1) is 0 Å². The SMILES string of the molecule is CN[C@@H](C)C(=O)C[C@H](C(=O)N1CCC[C@H]1Cn1cc(N2CCCC2=O)c2cc(Cl)ccc21)C1CCCCC1. The number of halogens is 1. The lowest BCUT2D eigenvalue weighted by Gasteiger charge is -2.35. The molecule has 3 atom stereocenters. The van der Waals surface area contributed by atoms with Crippen molar-refractivity contribution in [3.63, 3.8) is 0 Å². The van der Waals surface area contributed by atoms with E-state index in [-0.39, 0.29) is 41.5 Å². The van der Waals surface area contributed by atoms with Crippen molar-refractivity contribution in [1.29, 1.82) is 0 Å². The van der Waals surface area contributed by atoms with Crippen molar-refractivity contribution in [2.75, 3.05) is 25.0 Å². The van der Waals surface area contributed by atoms with E-state index in [1.54, 1.807) is 7.05 Å². The van der Waals surface area contributed by atoms with E-state index in [1.807, 2.05) is 30.0 Å². The first-order valence-corrected chi connectivity index (χ1v) is 14.8. The quantitative estimate of drug-likeness (QED) is 0.476. The topological polar surface area (TPSA) is 74.7 Å². The average molecular weight is 541 g/mol. The van der Waals surface area contributed by atoms with Gasteiger partial charge >= 0.3 is 0 Å². The van der Waals surface area contributed by atoms with E-state index in [2.05, 4.69) is 21.0 Å². The summed E-state index contributed by atoms with van der Waals surface area (Å²) < 4.78 is 2.20. The number of amides is 2. The van der Waals surface area contributed by atoms with Gasteiger partial charge in [-0.05, 0) is 70.2 Å². The maximum atomic E-state index is 14.1. The van der Waals surface area contributed by atoms with E-state index >= 15 is 0 Å². The molecule has 1 N–H and O–H groups in total. The maximum Gasteiger partial charge on any atom is 0.227 e. The first-order chi connectivity index (χ1) is 18.4. The molecule has 1 aromatic carbocycles. The highest BCUT2D eigenvalue weighted by Crippen LogP contribution is 2.37. The van der Waals surface area contributed by atoms with Gasteiger partial charge in [-0.2, -0.15) is 0 Å². The Morgan fingerprint density at radius 3 is 2.58 bits per heavy atom. The Hall–Kier alpha value is -2.38. The predicted molar refractivity (Wildman–Crippen MR) is 151 cm³/mol. The zero-order chi connectivity index (χ0) is 26.8. The number of likely N-dealkylation sites (tertiary alicyclic amines) is 1. The minimum Gasteiger partial charge on any atom is -0.343 e. The van der Waals surface area contributed by atoms with Gasteiger partial charge in [0.15, 0.2) is 0 Å². The van der Waals surface area contributed by atoms with E-state index in [1.165, 1.54) is 6.42 Å². The van der Waals surface area contributed by atoms with Crippen LogP contribution >= 0.6 is 11.6 Å². The maximum absolute atomic E-state index is 14.1. The molecule has 38 heavy (non-hydrogen) atoms. The molecular weight excluding hydrogens is 500 g/mol. The fourth-order valence-electron chi connectivity index (χ4n) is 6.82. The molecule has 206 valence electrons. The van der Waals surface area contributed by atoms with Crippen LogP contribution in [-0.4, -0.2) is 59.3 Å². The Kier molecular flexibility index (Phi) is 8.44. The summed E-state index contributed by atoms with van der Waals surface area (Å²) >= 11 is 6.36. The van der Waals surface area contributed by atoms with Crippen LogP contribution in [0.3, 0.4) is 0 Å². The summed E-state index contributed by atoms with van der Waals surface area (Å²) in [6.45, 7) is 4.02. The second kappa shape index (κ2) is 11.8. The Bertz CT molecular complexity index is 1190. The number of carbonyl (C=O) groups is 3. The largest absolute Gasteiger partial charge is 0.343 e. The molecule has 2 saturated heterocycles. The van der Waals surface area contributed by atoms with Gasteiger partial charge < -0.3 is 19.7 Å². The van der Waals surface area contributed by atoms with E-state index in [0.717, 1.165) is 74.6 Å². The van der Waals surface area contributed by atoms with Gasteiger partial charge in [0.05, 0.1) is 17.2 Å². The van der Waals surface area contributed by atoms with Gasteiger partial charge in [-0.3, -0.25) is 14.4 Å². The Morgan fingerprint density at radius 1 is 1.08 bits per heavy atom. The van der Waals surface area contributed by atoms with Crippen LogP contribution in [0, 0.1) is 11.8 Å². The number of nitrogens with one attached hydrogen (secondary N) is 1. The van der Waals surface area contributed by atoms with Crippen LogP contribution in [0.15, 0.2) is 24.4 Å². The molecular formula is C30H41ClN4O3. The van der Waals surface area contributed by atoms with Crippen molar-refractivity contribution >= 4 is 45.8 Å². The number of aromatic nitrogens is 1. The number of anilines is 1. The van der Waals surface area contributed by atoms with Crippen molar-refractivity contribution in [2.24, 2.45) is 11.8 Å². The van der Waals surface area contributed by atoms with Crippen molar-refractivity contribution in [3.8, 4) is 0 Å². The van der Waals surface area contributed by atoms with E-state index in [9.17, 15) is 14.4 Å². The van der Waals surface area contributed by atoms with E-state index in [0.29, 0.717) is 24.4 Å². The molecule has 7 nitrogen and oxygen atoms in total. The lowest BCUT2D eigenvalue weighted by atomic mass is 9.76. The summed E-state index contributed by atoms with van der Waals surface area (Å²) in [5.74, 6) is 0.480. The van der Waals surface area contributed by atoms with Crippen LogP contribution < -0.4 is 10.2 Å². The Labute approximate surface area is 230 Å². The van der Waals surface area contributed by atoms with Crippen molar-refractivity contribution in [2.45, 2.75) is 89.8 Å². The molecule has 0 radical (unpaired) electrons. The van der Waals surface area contributed by atoms with Crippen molar-refractivity contribution < 1.29 is 14.4 Å². The first-order valence-electron chi connectivity index (χ1n) is 14.5. The van der Waals surface area contributed by atoms with Gasteiger partial charge in [-0.25, -0.2) is 0 Å². The van der Waals surface area contributed by atoms with Gasteiger partial charge in [0.25, 0.3) is 0 Å². The number of hydrogen-bond acceptors (Lipinski definition) is 4. The summed E-state index contributed by atoms with van der Waals surface area (Å²) in [5, 5.41) is 4.69. The minimum absolute atomic E-state index is 0.0684. The normalized spacial score (nSPS) is 22.4. The molecule has 1 aliphatic carbocycles. The lowest BCUT2D eigenvalue weighted by molar-refractivity contribution is -0.141. The smallest absolute Gasteiger partial charge is 0.227 e. The van der Waals surface area contributed by atoms with Gasteiger partial charge in [0.1, 0.15) is 5.78 Å². The highest BCUT2D eigenvalue weighted by molar-refractivity contribution is 6.31. The summed E-state index contributed by atoms with van der Waals surface area (Å²) in [6.07, 6.45) is 11.3. The number of Topliss-reactive ketones (excluding diaryl/α,β-unsaturated/α-hetero) is 1. The van der Waals surface area contributed by atoms with Crippen LogP contribution in [0.1, 0.15) is 71.1 Å². The minimum atomic E-state index is -0.243. The Balaban J connectivity index is 1.40. The molecule has 0 spiro atoms. The lowest BCUT2D eigenvalue weighted by Crippen LogP contribution is -2.45. The number of nitrogens with zero attached hydrogens (tertiary/aromatic N) is 3. The van der Waals surface area contributed by atoms with Crippen molar-refractivity contribution in [1.82, 2.24) is 14.8 Å². The van der Waals surface area contributed by atoms with E-state index < -0.39 is 0 Å². The standard InChI is InChI=1S/C30H41ClN4O3/c1-20(32-2)28(36)17-24(21-8-4-3-5-9-21)30(38)34-14-6-10-23(34)18-33-19-27(35-15-7-11-29(35)37)25-16-22(31)12-13-26(25)33/h12-13,16,19-21,23-24,32H,3-11,14-15,17-18H2,1-2H3/t20-,23-,24-/m0/s1. The number of ketones is 1. The third-order valence-electron chi connectivity index (χ3n) is 9.13. The molecule has 2 aromatic rings. The number of likely N-dealkylation sites (N-methyl/N-ethyl adjacent to an activating group) is 1. The molecule has 3 heterocycles. The summed E-state index contributed by atoms with van der Waals surface area (Å²) in [4.78, 5) is 43.6. The summed E-state index contributed by atoms with van der Waals surface area (Å²) in [6, 6.07) is 5.68. The second-order valence-corrected chi connectivity index (χ2v) is 11.9. The highest BCUT2D eigenvalue weighted by Gasteiger charge is 2.39. The number of benzene rings is 1.